The van der Waals surface area contributed by atoms with Gasteiger partial charge in [-0.2, -0.15) is 4.98 Å². The molecule has 2 N–H and O–H groups in total. The SMILES string of the molecule is [2H]C[C@H]1O[C@@H](n2cnc3c(=O)[nH]c(NC(=O)C(C)C)nc32)C(O[P+](=O)[O-])C1(C)C. The molecular weight excluding hydrogens is 389 g/mol. The number of imidazole rings is 1. The summed E-state index contributed by atoms with van der Waals surface area (Å²) in [4.78, 5) is 46.3. The van der Waals surface area contributed by atoms with Crippen LogP contribution in [0.3, 0.4) is 0 Å². The Hall–Kier alpha value is -2.20. The van der Waals surface area contributed by atoms with E-state index < -0.39 is 37.7 Å². The van der Waals surface area contributed by atoms with Gasteiger partial charge in [-0.3, -0.25) is 24.5 Å². The fourth-order valence-electron chi connectivity index (χ4n) is 2.89. The summed E-state index contributed by atoms with van der Waals surface area (Å²) >= 11 is 0. The number of rotatable bonds is 5. The molecule has 0 saturated carbocycles. The Morgan fingerprint density at radius 3 is 2.89 bits per heavy atom. The summed E-state index contributed by atoms with van der Waals surface area (Å²) in [6, 6.07) is 0. The number of carbonyl (C=O) groups excluding carboxylic acids is 1. The summed E-state index contributed by atoms with van der Waals surface area (Å²) < 4.78 is 31.4. The lowest BCUT2D eigenvalue weighted by molar-refractivity contribution is -0.195. The topological polar surface area (TPSA) is 151 Å². The molecule has 1 aliphatic heterocycles. The average molecular weight is 412 g/mol. The molecule has 12 heteroatoms. The van der Waals surface area contributed by atoms with Gasteiger partial charge in [0, 0.05) is 12.7 Å². The molecule has 28 heavy (non-hydrogen) atoms. The van der Waals surface area contributed by atoms with Crippen molar-refractivity contribution in [2.45, 2.75) is 53.0 Å². The molecule has 1 aliphatic rings. The fourth-order valence-corrected chi connectivity index (χ4v) is 3.45. The number of hydrogen-bond acceptors (Lipinski definition) is 8. The molecule has 2 aromatic rings. The summed E-state index contributed by atoms with van der Waals surface area (Å²) in [5, 5.41) is 2.52. The van der Waals surface area contributed by atoms with Crippen LogP contribution in [0.1, 0.15) is 42.2 Å². The quantitative estimate of drug-likeness (QED) is 0.692. The minimum Gasteiger partial charge on any atom is -0.566 e. The zero-order valence-electron chi connectivity index (χ0n) is 16.8. The third-order valence-electron chi connectivity index (χ3n) is 4.80. The van der Waals surface area contributed by atoms with Crippen molar-refractivity contribution in [3.63, 3.8) is 0 Å². The normalized spacial score (nSPS) is 25.1. The molecule has 1 saturated heterocycles. The summed E-state index contributed by atoms with van der Waals surface area (Å²) in [7, 11) is -3.19. The van der Waals surface area contributed by atoms with E-state index in [0.29, 0.717) is 0 Å². The lowest BCUT2D eigenvalue weighted by Crippen LogP contribution is -2.35. The van der Waals surface area contributed by atoms with E-state index in [9.17, 15) is 19.0 Å². The van der Waals surface area contributed by atoms with Gasteiger partial charge in [-0.05, 0) is 11.5 Å². The molecular formula is C16H22N5O6P. The molecule has 4 atom stereocenters. The van der Waals surface area contributed by atoms with Gasteiger partial charge in [0.05, 0.1) is 12.4 Å². The molecule has 0 radical (unpaired) electrons. The van der Waals surface area contributed by atoms with Crippen molar-refractivity contribution in [2.24, 2.45) is 11.3 Å². The highest BCUT2D eigenvalue weighted by molar-refractivity contribution is 7.30. The molecule has 11 nitrogen and oxygen atoms in total. The van der Waals surface area contributed by atoms with Crippen LogP contribution in [0.4, 0.5) is 5.95 Å². The lowest BCUT2D eigenvalue weighted by Gasteiger charge is -2.26. The third kappa shape index (κ3) is 3.58. The first-order chi connectivity index (χ1) is 13.6. The molecule has 152 valence electrons. The van der Waals surface area contributed by atoms with E-state index in [1.807, 2.05) is 0 Å². The highest BCUT2D eigenvalue weighted by atomic mass is 31.1. The first-order valence-corrected chi connectivity index (χ1v) is 9.69. The predicted molar refractivity (Wildman–Crippen MR) is 97.5 cm³/mol. The lowest BCUT2D eigenvalue weighted by atomic mass is 9.83. The van der Waals surface area contributed by atoms with Gasteiger partial charge in [0.15, 0.2) is 23.5 Å². The van der Waals surface area contributed by atoms with Crippen LogP contribution < -0.4 is 15.8 Å². The first kappa shape index (κ1) is 19.1. The van der Waals surface area contributed by atoms with E-state index in [1.165, 1.54) is 10.9 Å². The third-order valence-corrected chi connectivity index (χ3v) is 5.20. The summed E-state index contributed by atoms with van der Waals surface area (Å²) in [5.41, 5.74) is -1.30. The van der Waals surface area contributed by atoms with Crippen molar-refractivity contribution in [3.8, 4) is 0 Å². The van der Waals surface area contributed by atoms with Crippen LogP contribution in [0.15, 0.2) is 11.1 Å². The largest absolute Gasteiger partial charge is 0.566 e. The minimum absolute atomic E-state index is 0.00598. The van der Waals surface area contributed by atoms with Gasteiger partial charge in [0.1, 0.15) is 0 Å². The smallest absolute Gasteiger partial charge is 0.488 e. The van der Waals surface area contributed by atoms with Gasteiger partial charge in [0.25, 0.3) is 5.56 Å². The number of anilines is 1. The predicted octanol–water partition coefficient (Wildman–Crippen LogP) is 1.06. The molecule has 1 fully saturated rings. The Bertz CT molecular complexity index is 1010. The van der Waals surface area contributed by atoms with Crippen LogP contribution in [0.5, 0.6) is 0 Å². The van der Waals surface area contributed by atoms with Crippen molar-refractivity contribution in [1.82, 2.24) is 19.5 Å². The number of H-pyrrole nitrogens is 1. The number of fused-ring (bicyclic) bond motifs is 1. The summed E-state index contributed by atoms with van der Waals surface area (Å²) in [5.74, 6) is -0.732. The van der Waals surface area contributed by atoms with E-state index in [2.05, 4.69) is 20.3 Å². The molecule has 3 heterocycles. The van der Waals surface area contributed by atoms with Crippen LogP contribution in [0.2, 0.25) is 0 Å². The van der Waals surface area contributed by atoms with Crippen LogP contribution >= 0.6 is 8.25 Å². The number of aromatic amines is 1. The van der Waals surface area contributed by atoms with Gasteiger partial charge in [-0.1, -0.05) is 27.7 Å². The molecule has 0 aromatic carbocycles. The summed E-state index contributed by atoms with van der Waals surface area (Å²) in [6.07, 6.45) is -1.28. The van der Waals surface area contributed by atoms with Gasteiger partial charge < -0.3 is 9.63 Å². The van der Waals surface area contributed by atoms with Crippen LogP contribution in [-0.4, -0.2) is 37.6 Å². The summed E-state index contributed by atoms with van der Waals surface area (Å²) in [6.45, 7) is 6.75. The number of nitrogens with one attached hydrogen (secondary N) is 2. The molecule has 0 bridgehead atoms. The van der Waals surface area contributed by atoms with Crippen molar-refractivity contribution in [3.05, 3.63) is 16.7 Å². The molecule has 1 amide bonds. The van der Waals surface area contributed by atoms with Gasteiger partial charge in [0.2, 0.25) is 11.9 Å². The van der Waals surface area contributed by atoms with Crippen molar-refractivity contribution in [1.29, 1.82) is 0 Å². The maximum absolute atomic E-state index is 12.4. The van der Waals surface area contributed by atoms with E-state index >= 15 is 0 Å². The highest BCUT2D eigenvalue weighted by Gasteiger charge is 2.53. The van der Waals surface area contributed by atoms with Gasteiger partial charge in [-0.15, -0.1) is 4.52 Å². The number of aromatic nitrogens is 4. The molecule has 2 unspecified atom stereocenters. The van der Waals surface area contributed by atoms with Gasteiger partial charge >= 0.3 is 8.25 Å². The van der Waals surface area contributed by atoms with Crippen LogP contribution in [0, 0.1) is 11.3 Å². The minimum atomic E-state index is -3.19. The fraction of sp³-hybridized carbons (Fsp3) is 0.625. The first-order valence-electron chi connectivity index (χ1n) is 9.30. The number of carbonyl (C=O) groups is 1. The van der Waals surface area contributed by atoms with Crippen molar-refractivity contribution >= 4 is 31.3 Å². The van der Waals surface area contributed by atoms with Crippen molar-refractivity contribution in [2.75, 3.05) is 5.32 Å². The Labute approximate surface area is 162 Å². The van der Waals surface area contributed by atoms with E-state index in [0.717, 1.165) is 0 Å². The van der Waals surface area contributed by atoms with Crippen LogP contribution in [-0.2, 0) is 18.6 Å². The maximum atomic E-state index is 12.4. The number of amides is 1. The zero-order valence-corrected chi connectivity index (χ0v) is 16.7. The number of nitrogens with zero attached hydrogens (tertiary/aromatic N) is 3. The average Bonchev–Trinajstić information content (AvgIpc) is 3.14. The second-order valence-electron chi connectivity index (χ2n) is 7.47. The monoisotopic (exact) mass is 412 g/mol. The van der Waals surface area contributed by atoms with E-state index in [-0.39, 0.29) is 35.8 Å². The maximum Gasteiger partial charge on any atom is 0.488 e. The van der Waals surface area contributed by atoms with E-state index in [1.54, 1.807) is 27.7 Å². The Balaban J connectivity index is 2.08. The molecule has 0 aliphatic carbocycles. The Kier molecular flexibility index (Phi) is 5.00. The molecule has 2 aromatic heterocycles. The van der Waals surface area contributed by atoms with E-state index in [4.69, 9.17) is 10.6 Å². The number of hydrogen-bond donors (Lipinski definition) is 2. The highest BCUT2D eigenvalue weighted by Crippen LogP contribution is 2.47. The van der Waals surface area contributed by atoms with Crippen molar-refractivity contribution < 1.29 is 24.9 Å². The number of ether oxygens (including phenoxy) is 1. The second kappa shape index (κ2) is 7.32. The molecule has 0 spiro atoms. The second-order valence-corrected chi connectivity index (χ2v) is 8.13. The standard InChI is InChI=1S/C16H22N5O6P/c1-7(2)12(22)19-15-18-11-9(13(23)20-15)17-6-21(11)14-10(27-28(24)25)16(4,5)8(3)26-14/h6-8,10,14H,1-5H3,(H2,18,19,20,22,23)/t8-,10?,14-/m1/s1/i3D. The Morgan fingerprint density at radius 1 is 1.57 bits per heavy atom. The van der Waals surface area contributed by atoms with Crippen LogP contribution in [0.25, 0.3) is 11.2 Å². The van der Waals surface area contributed by atoms with Gasteiger partial charge in [-0.25, -0.2) is 4.98 Å². The Morgan fingerprint density at radius 2 is 2.29 bits per heavy atom. The molecule has 3 rings (SSSR count). The zero-order chi connectivity index (χ0) is 21.5.